The van der Waals surface area contributed by atoms with Crippen LogP contribution in [0.1, 0.15) is 96.8 Å². The lowest BCUT2D eigenvalue weighted by Crippen LogP contribution is -2.57. The highest BCUT2D eigenvalue weighted by atomic mass is 28.4. The Labute approximate surface area is 313 Å². The van der Waals surface area contributed by atoms with E-state index in [1.807, 2.05) is 0 Å². The van der Waals surface area contributed by atoms with Crippen LogP contribution >= 0.6 is 0 Å². The molecule has 0 radical (unpaired) electrons. The third kappa shape index (κ3) is 7.83. The lowest BCUT2D eigenvalue weighted by Gasteiger charge is -2.58. The minimum Gasteiger partial charge on any atom is -0.466 e. The zero-order valence-corrected chi connectivity index (χ0v) is 33.3. The molecule has 0 bridgehead atoms. The monoisotopic (exact) mass is 717 g/mol. The Kier molecular flexibility index (Phi) is 11.5. The maximum absolute atomic E-state index is 12.4. The molecule has 6 rings (SSSR count). The first-order valence-corrected chi connectivity index (χ1v) is 21.9. The second-order valence-corrected chi connectivity index (χ2v) is 22.0. The standard InChI is InChI=1S/C45H59N3O3Si/c1-33(49)50-30-37-28-38(51-52(43(2,3)4,31-34-16-10-7-11-17-34)32-35-18-12-8-13-19-35)24-26-44(37,5)42-25-27-45(6)40(36-20-14-9-15-21-36)22-23-41(45)39(42)29-47-48-46/h7-22,37-39,41-42H,23-32H2,1-6H3/t37-,38+,39+,41+,42+,44+,45-/m1/s1. The summed E-state index contributed by atoms with van der Waals surface area (Å²) in [6.45, 7) is 14.5. The molecule has 0 spiro atoms. The molecule has 7 heteroatoms. The number of hydrogen-bond donors (Lipinski definition) is 0. The van der Waals surface area contributed by atoms with Crippen LogP contribution in [0.3, 0.4) is 0 Å². The van der Waals surface area contributed by atoms with Crippen LogP contribution in [0.2, 0.25) is 5.04 Å². The second kappa shape index (κ2) is 15.8. The average Bonchev–Trinajstić information content (AvgIpc) is 3.48. The summed E-state index contributed by atoms with van der Waals surface area (Å²) >= 11 is 0. The number of benzene rings is 3. The van der Waals surface area contributed by atoms with Gasteiger partial charge in [-0.2, -0.15) is 0 Å². The summed E-state index contributed by atoms with van der Waals surface area (Å²) < 4.78 is 13.7. The molecule has 3 aliphatic rings. The molecule has 0 saturated heterocycles. The van der Waals surface area contributed by atoms with Crippen LogP contribution in [-0.2, 0) is 26.0 Å². The van der Waals surface area contributed by atoms with Crippen molar-refractivity contribution in [3.05, 3.63) is 124 Å². The molecule has 0 N–H and O–H groups in total. The highest BCUT2D eigenvalue weighted by Gasteiger charge is 2.58. The Morgan fingerprint density at radius 2 is 1.48 bits per heavy atom. The number of fused-ring (bicyclic) bond motifs is 1. The second-order valence-electron chi connectivity index (χ2n) is 17.6. The summed E-state index contributed by atoms with van der Waals surface area (Å²) in [6, 6.07) is 34.5. The van der Waals surface area contributed by atoms with E-state index in [1.165, 1.54) is 29.2 Å². The lowest BCUT2D eigenvalue weighted by molar-refractivity contribution is -0.149. The normalized spacial score (nSPS) is 29.0. The van der Waals surface area contributed by atoms with Gasteiger partial charge in [-0.3, -0.25) is 4.79 Å². The van der Waals surface area contributed by atoms with Gasteiger partial charge < -0.3 is 9.16 Å². The fraction of sp³-hybridized carbons (Fsp3) is 0.533. The van der Waals surface area contributed by atoms with E-state index in [1.54, 1.807) is 0 Å². The van der Waals surface area contributed by atoms with Crippen LogP contribution in [0.5, 0.6) is 0 Å². The molecule has 7 atom stereocenters. The average molecular weight is 718 g/mol. The Morgan fingerprint density at radius 1 is 0.885 bits per heavy atom. The van der Waals surface area contributed by atoms with Crippen molar-refractivity contribution >= 4 is 19.9 Å². The van der Waals surface area contributed by atoms with Gasteiger partial charge in [-0.1, -0.05) is 137 Å². The van der Waals surface area contributed by atoms with Crippen LogP contribution in [0.25, 0.3) is 16.0 Å². The van der Waals surface area contributed by atoms with E-state index in [0.717, 1.165) is 50.6 Å². The Bertz CT molecular complexity index is 1690. The molecule has 0 amide bonds. The summed E-state index contributed by atoms with van der Waals surface area (Å²) in [6.07, 6.45) is 8.52. The summed E-state index contributed by atoms with van der Waals surface area (Å²) in [7, 11) is -2.49. The summed E-state index contributed by atoms with van der Waals surface area (Å²) in [4.78, 5) is 15.7. The molecule has 0 aliphatic heterocycles. The van der Waals surface area contributed by atoms with Gasteiger partial charge >= 0.3 is 5.97 Å². The molecule has 276 valence electrons. The molecule has 3 aromatic carbocycles. The summed E-state index contributed by atoms with van der Waals surface area (Å²) in [5.74, 6) is 0.894. The van der Waals surface area contributed by atoms with Crippen molar-refractivity contribution in [2.45, 2.75) is 103 Å². The van der Waals surface area contributed by atoms with Crippen LogP contribution in [0.4, 0.5) is 0 Å². The number of hydrogen-bond acceptors (Lipinski definition) is 4. The van der Waals surface area contributed by atoms with Gasteiger partial charge in [0, 0.05) is 30.4 Å². The zero-order valence-electron chi connectivity index (χ0n) is 32.3. The van der Waals surface area contributed by atoms with Gasteiger partial charge in [-0.25, -0.2) is 0 Å². The molecule has 2 saturated carbocycles. The Balaban J connectivity index is 1.31. The van der Waals surface area contributed by atoms with E-state index < -0.39 is 8.32 Å². The van der Waals surface area contributed by atoms with Gasteiger partial charge in [0.05, 0.1) is 6.61 Å². The highest BCUT2D eigenvalue weighted by molar-refractivity contribution is 6.75. The van der Waals surface area contributed by atoms with Gasteiger partial charge in [0.15, 0.2) is 0 Å². The number of ether oxygens (including phenoxy) is 1. The van der Waals surface area contributed by atoms with Crippen LogP contribution < -0.4 is 0 Å². The largest absolute Gasteiger partial charge is 0.466 e. The fourth-order valence-corrected chi connectivity index (χ4v) is 14.9. The summed E-state index contributed by atoms with van der Waals surface area (Å²) in [5.41, 5.74) is 15.0. The van der Waals surface area contributed by atoms with Crippen molar-refractivity contribution in [2.24, 2.45) is 39.6 Å². The maximum atomic E-state index is 12.4. The molecule has 0 aromatic heterocycles. The van der Waals surface area contributed by atoms with Crippen molar-refractivity contribution in [3.8, 4) is 0 Å². The lowest BCUT2D eigenvalue weighted by atomic mass is 9.48. The van der Waals surface area contributed by atoms with Crippen LogP contribution in [-0.4, -0.2) is 33.5 Å². The number of nitrogens with zero attached hydrogens (tertiary/aromatic N) is 3. The molecule has 52 heavy (non-hydrogen) atoms. The van der Waals surface area contributed by atoms with Gasteiger partial charge in [0.1, 0.15) is 0 Å². The van der Waals surface area contributed by atoms with Gasteiger partial charge in [0.2, 0.25) is 8.32 Å². The van der Waals surface area contributed by atoms with E-state index in [9.17, 15) is 10.3 Å². The Hall–Kier alpha value is -3.64. The topological polar surface area (TPSA) is 84.3 Å². The SMILES string of the molecule is CC(=O)OC[C@H]1C[C@@H](O[Si](Cc2ccccc2)(Cc2ccccc2)C(C)(C)C)CC[C@]1(C)[C@H]1CC[C@]2(C)C(c3ccccc3)=CC[C@H]2[C@@H]1CN=[N+]=[N-]. The van der Waals surface area contributed by atoms with Gasteiger partial charge in [-0.05, 0) is 112 Å². The first kappa shape index (κ1) is 38.1. The molecular weight excluding hydrogens is 659 g/mol. The highest BCUT2D eigenvalue weighted by Crippen LogP contribution is 2.64. The molecule has 0 unspecified atom stereocenters. The van der Waals surface area contributed by atoms with Crippen molar-refractivity contribution in [1.29, 1.82) is 0 Å². The third-order valence-corrected chi connectivity index (χ3v) is 19.2. The van der Waals surface area contributed by atoms with Gasteiger partial charge in [-0.15, -0.1) is 0 Å². The predicted octanol–water partition coefficient (Wildman–Crippen LogP) is 11.5. The van der Waals surface area contributed by atoms with Crippen LogP contribution in [0.15, 0.2) is 102 Å². The molecule has 0 heterocycles. The smallest absolute Gasteiger partial charge is 0.302 e. The molecular formula is C45H59N3O3Si. The van der Waals surface area contributed by atoms with Gasteiger partial charge in [0.25, 0.3) is 0 Å². The zero-order chi connectivity index (χ0) is 37.0. The minimum absolute atomic E-state index is 0.0228. The first-order chi connectivity index (χ1) is 24.9. The molecule has 3 aromatic rings. The molecule has 2 fully saturated rings. The van der Waals surface area contributed by atoms with E-state index in [4.69, 9.17) is 9.16 Å². The molecule has 6 nitrogen and oxygen atoms in total. The van der Waals surface area contributed by atoms with E-state index in [2.05, 4.69) is 142 Å². The van der Waals surface area contributed by atoms with Crippen molar-refractivity contribution < 1.29 is 14.0 Å². The minimum atomic E-state index is -2.49. The molecule has 3 aliphatic carbocycles. The predicted molar refractivity (Wildman–Crippen MR) is 214 cm³/mol. The number of esters is 1. The third-order valence-electron chi connectivity index (χ3n) is 13.7. The summed E-state index contributed by atoms with van der Waals surface area (Å²) in [5, 5.41) is 4.26. The van der Waals surface area contributed by atoms with E-state index >= 15 is 0 Å². The van der Waals surface area contributed by atoms with E-state index in [-0.39, 0.29) is 39.8 Å². The maximum Gasteiger partial charge on any atom is 0.302 e. The number of rotatable bonds is 12. The van der Waals surface area contributed by atoms with Crippen LogP contribution in [0, 0.1) is 34.5 Å². The fourth-order valence-electron chi connectivity index (χ4n) is 10.6. The first-order valence-electron chi connectivity index (χ1n) is 19.5. The van der Waals surface area contributed by atoms with Crippen molar-refractivity contribution in [1.82, 2.24) is 0 Å². The van der Waals surface area contributed by atoms with Crippen molar-refractivity contribution in [3.63, 3.8) is 0 Å². The number of allylic oxidation sites excluding steroid dienone is 2. The number of carbonyl (C=O) groups is 1. The van der Waals surface area contributed by atoms with Crippen molar-refractivity contribution in [2.75, 3.05) is 13.2 Å². The Morgan fingerprint density at radius 3 is 2.04 bits per heavy atom. The van der Waals surface area contributed by atoms with E-state index in [0.29, 0.717) is 25.0 Å². The number of azide groups is 1. The quantitative estimate of drug-likeness (QED) is 0.0614. The number of carbonyl (C=O) groups excluding carboxylic acids is 1.